The predicted molar refractivity (Wildman–Crippen MR) is 110 cm³/mol. The lowest BCUT2D eigenvalue weighted by atomic mass is 9.99. The molecule has 1 aromatic carbocycles. The van der Waals surface area contributed by atoms with E-state index in [2.05, 4.69) is 12.2 Å². The normalized spacial score (nSPS) is 18.0. The molecule has 1 amide bonds. The zero-order valence-electron chi connectivity index (χ0n) is 16.0. The van der Waals surface area contributed by atoms with E-state index in [-0.39, 0.29) is 18.4 Å². The molecule has 6 nitrogen and oxygen atoms in total. The van der Waals surface area contributed by atoms with Gasteiger partial charge in [0.15, 0.2) is 0 Å². The molecule has 1 fully saturated rings. The summed E-state index contributed by atoms with van der Waals surface area (Å²) in [5.74, 6) is 0.334. The molecule has 1 aliphatic rings. The molecule has 0 bridgehead atoms. The number of aryl methyl sites for hydroxylation is 1. The van der Waals surface area contributed by atoms with Crippen LogP contribution in [0.15, 0.2) is 46.0 Å². The molecule has 3 rings (SSSR count). The van der Waals surface area contributed by atoms with Crippen LogP contribution in [0, 0.1) is 5.92 Å². The van der Waals surface area contributed by atoms with Crippen molar-refractivity contribution in [1.82, 2.24) is 9.62 Å². The van der Waals surface area contributed by atoms with Gasteiger partial charge < -0.3 is 10.1 Å². The van der Waals surface area contributed by atoms with Crippen LogP contribution < -0.4 is 10.1 Å². The summed E-state index contributed by atoms with van der Waals surface area (Å²) < 4.78 is 32.7. The second-order valence-electron chi connectivity index (χ2n) is 6.77. The van der Waals surface area contributed by atoms with Crippen molar-refractivity contribution in [2.75, 3.05) is 26.2 Å². The van der Waals surface area contributed by atoms with E-state index in [1.165, 1.54) is 21.2 Å². The highest BCUT2D eigenvalue weighted by Crippen LogP contribution is 2.26. The number of piperidine rings is 1. The Morgan fingerprint density at radius 3 is 2.75 bits per heavy atom. The van der Waals surface area contributed by atoms with Crippen molar-refractivity contribution >= 4 is 27.3 Å². The van der Waals surface area contributed by atoms with Gasteiger partial charge in [0, 0.05) is 13.1 Å². The Bertz CT molecular complexity index is 864. The molecule has 1 saturated heterocycles. The number of amides is 1. The number of hydrogen-bond acceptors (Lipinski definition) is 5. The molecule has 2 heterocycles. The van der Waals surface area contributed by atoms with Crippen LogP contribution in [-0.2, 0) is 21.2 Å². The Balaban J connectivity index is 1.46. The highest BCUT2D eigenvalue weighted by atomic mass is 32.2. The molecule has 0 spiro atoms. The van der Waals surface area contributed by atoms with Gasteiger partial charge in [-0.25, -0.2) is 8.42 Å². The van der Waals surface area contributed by atoms with Crippen LogP contribution in [0.1, 0.15) is 25.3 Å². The lowest BCUT2D eigenvalue weighted by molar-refractivity contribution is -0.126. The first-order valence-corrected chi connectivity index (χ1v) is 11.9. The van der Waals surface area contributed by atoms with E-state index in [0.29, 0.717) is 36.7 Å². The topological polar surface area (TPSA) is 75.7 Å². The first kappa shape index (κ1) is 20.8. The number of sulfonamides is 1. The number of carbonyl (C=O) groups is 1. The molecule has 1 N–H and O–H groups in total. The summed E-state index contributed by atoms with van der Waals surface area (Å²) in [6, 6.07) is 11.2. The molecule has 2 aromatic rings. The average molecular weight is 423 g/mol. The van der Waals surface area contributed by atoms with E-state index in [1.54, 1.807) is 17.5 Å². The van der Waals surface area contributed by atoms with Gasteiger partial charge in [0.25, 0.3) is 10.0 Å². The lowest BCUT2D eigenvalue weighted by Crippen LogP contribution is -2.45. The Labute approximate surface area is 170 Å². The largest absolute Gasteiger partial charge is 0.492 e. The molecular formula is C20H26N2O4S2. The number of thiophene rings is 1. The van der Waals surface area contributed by atoms with Gasteiger partial charge in [-0.3, -0.25) is 4.79 Å². The highest BCUT2D eigenvalue weighted by Gasteiger charge is 2.33. The summed E-state index contributed by atoms with van der Waals surface area (Å²) in [6.45, 7) is 3.55. The number of nitrogens with one attached hydrogen (secondary N) is 1. The minimum atomic E-state index is -3.50. The SMILES string of the molecule is CCc1ccc(OCCNC(=O)C2CCCN(S(=O)(=O)c3cccs3)C2)cc1. The van der Waals surface area contributed by atoms with Crippen molar-refractivity contribution in [3.63, 3.8) is 0 Å². The molecule has 8 heteroatoms. The van der Waals surface area contributed by atoms with Gasteiger partial charge >= 0.3 is 0 Å². The number of nitrogens with zero attached hydrogens (tertiary/aromatic N) is 1. The zero-order chi connectivity index (χ0) is 20.0. The van der Waals surface area contributed by atoms with Crippen LogP contribution in [0.3, 0.4) is 0 Å². The number of ether oxygens (including phenoxy) is 1. The molecular weight excluding hydrogens is 396 g/mol. The van der Waals surface area contributed by atoms with E-state index in [0.717, 1.165) is 12.2 Å². The van der Waals surface area contributed by atoms with E-state index in [1.807, 2.05) is 24.3 Å². The summed E-state index contributed by atoms with van der Waals surface area (Å²) >= 11 is 1.20. The van der Waals surface area contributed by atoms with Gasteiger partial charge in [0.2, 0.25) is 5.91 Å². The number of carbonyl (C=O) groups excluding carboxylic acids is 1. The van der Waals surface area contributed by atoms with Crippen LogP contribution in [0.2, 0.25) is 0 Å². The lowest BCUT2D eigenvalue weighted by Gasteiger charge is -2.30. The third-order valence-corrected chi connectivity index (χ3v) is 8.08. The minimum absolute atomic E-state index is 0.115. The van der Waals surface area contributed by atoms with Crippen molar-refractivity contribution in [2.45, 2.75) is 30.4 Å². The Hall–Kier alpha value is -1.90. The number of rotatable bonds is 8. The Morgan fingerprint density at radius 1 is 1.29 bits per heavy atom. The van der Waals surface area contributed by atoms with Crippen LogP contribution >= 0.6 is 11.3 Å². The first-order chi connectivity index (χ1) is 13.5. The second-order valence-corrected chi connectivity index (χ2v) is 9.88. The van der Waals surface area contributed by atoms with Crippen LogP contribution in [0.25, 0.3) is 0 Å². The van der Waals surface area contributed by atoms with Crippen molar-refractivity contribution in [3.8, 4) is 5.75 Å². The molecule has 1 aliphatic heterocycles. The maximum Gasteiger partial charge on any atom is 0.252 e. The molecule has 1 unspecified atom stereocenters. The summed E-state index contributed by atoms with van der Waals surface area (Å²) in [4.78, 5) is 12.5. The van der Waals surface area contributed by atoms with E-state index in [4.69, 9.17) is 4.74 Å². The highest BCUT2D eigenvalue weighted by molar-refractivity contribution is 7.91. The Kier molecular flexibility index (Phi) is 7.09. The molecule has 0 saturated carbocycles. The molecule has 1 atom stereocenters. The van der Waals surface area contributed by atoms with Crippen molar-refractivity contribution in [2.24, 2.45) is 5.92 Å². The van der Waals surface area contributed by atoms with E-state index in [9.17, 15) is 13.2 Å². The molecule has 1 aromatic heterocycles. The average Bonchev–Trinajstić information content (AvgIpc) is 3.27. The summed E-state index contributed by atoms with van der Waals surface area (Å²) in [6.07, 6.45) is 2.36. The minimum Gasteiger partial charge on any atom is -0.492 e. The zero-order valence-corrected chi connectivity index (χ0v) is 17.6. The maximum absolute atomic E-state index is 12.7. The molecule has 28 heavy (non-hydrogen) atoms. The summed E-state index contributed by atoms with van der Waals surface area (Å²) in [5, 5.41) is 4.62. The van der Waals surface area contributed by atoms with Crippen LogP contribution in [0.5, 0.6) is 5.75 Å². The van der Waals surface area contributed by atoms with E-state index >= 15 is 0 Å². The van der Waals surface area contributed by atoms with Crippen LogP contribution in [-0.4, -0.2) is 44.9 Å². The summed E-state index contributed by atoms with van der Waals surface area (Å²) in [5.41, 5.74) is 1.25. The number of benzene rings is 1. The van der Waals surface area contributed by atoms with Crippen LogP contribution in [0.4, 0.5) is 0 Å². The van der Waals surface area contributed by atoms with Gasteiger partial charge in [0.1, 0.15) is 16.6 Å². The fraction of sp³-hybridized carbons (Fsp3) is 0.450. The predicted octanol–water partition coefficient (Wildman–Crippen LogP) is 2.91. The summed E-state index contributed by atoms with van der Waals surface area (Å²) in [7, 11) is -3.50. The fourth-order valence-electron chi connectivity index (χ4n) is 3.22. The van der Waals surface area contributed by atoms with Crippen molar-refractivity contribution in [1.29, 1.82) is 0 Å². The third kappa shape index (κ3) is 5.12. The molecule has 0 radical (unpaired) electrons. The monoisotopic (exact) mass is 422 g/mol. The second kappa shape index (κ2) is 9.54. The van der Waals surface area contributed by atoms with Crippen molar-refractivity contribution in [3.05, 3.63) is 47.3 Å². The maximum atomic E-state index is 12.7. The quantitative estimate of drug-likeness (QED) is 0.664. The Morgan fingerprint density at radius 2 is 2.07 bits per heavy atom. The van der Waals surface area contributed by atoms with Gasteiger partial charge in [-0.15, -0.1) is 11.3 Å². The van der Waals surface area contributed by atoms with Gasteiger partial charge in [-0.1, -0.05) is 25.1 Å². The molecule has 0 aliphatic carbocycles. The number of hydrogen-bond donors (Lipinski definition) is 1. The van der Waals surface area contributed by atoms with Gasteiger partial charge in [-0.2, -0.15) is 4.31 Å². The van der Waals surface area contributed by atoms with Gasteiger partial charge in [-0.05, 0) is 48.4 Å². The smallest absolute Gasteiger partial charge is 0.252 e. The molecule has 152 valence electrons. The third-order valence-electron chi connectivity index (χ3n) is 4.85. The first-order valence-electron chi connectivity index (χ1n) is 9.54. The van der Waals surface area contributed by atoms with Gasteiger partial charge in [0.05, 0.1) is 12.5 Å². The van der Waals surface area contributed by atoms with E-state index < -0.39 is 10.0 Å². The standard InChI is InChI=1S/C20H26N2O4S2/c1-2-16-7-9-18(10-8-16)26-13-11-21-20(23)17-5-3-12-22(15-17)28(24,25)19-6-4-14-27-19/h4,6-10,14,17H,2-3,5,11-13,15H2,1H3,(H,21,23). The fourth-order valence-corrected chi connectivity index (χ4v) is 5.89. The van der Waals surface area contributed by atoms with Crippen molar-refractivity contribution < 1.29 is 17.9 Å².